The normalized spacial score (nSPS) is 44.6. The van der Waals surface area contributed by atoms with Crippen molar-refractivity contribution in [3.8, 4) is 23.0 Å². The maximum Gasteiger partial charge on any atom is 0.339 e. The van der Waals surface area contributed by atoms with Crippen molar-refractivity contribution in [2.24, 2.45) is 105 Å². The zero-order valence-electron chi connectivity index (χ0n) is 42.2. The van der Waals surface area contributed by atoms with Crippen LogP contribution >= 0.6 is 0 Å². The van der Waals surface area contributed by atoms with Gasteiger partial charge in [-0.3, -0.25) is 0 Å². The van der Waals surface area contributed by atoms with E-state index in [-0.39, 0.29) is 22.0 Å². The molecule has 16 bridgehead atoms. The Balaban J connectivity index is 0.970. The lowest BCUT2D eigenvalue weighted by molar-refractivity contribution is -0.321. The predicted molar refractivity (Wildman–Crippen MR) is 276 cm³/mol. The quantitative estimate of drug-likeness (QED) is 0.156. The minimum Gasteiger partial charge on any atom is -0.478 e. The molecule has 0 radical (unpaired) electrons. The molecule has 6 heteroatoms. The van der Waals surface area contributed by atoms with E-state index in [9.17, 15) is 19.8 Å². The van der Waals surface area contributed by atoms with E-state index in [1.165, 1.54) is 133 Å². The summed E-state index contributed by atoms with van der Waals surface area (Å²) in [6.07, 6.45) is 29.7. The minimum absolute atomic E-state index is 0.113. The minimum atomic E-state index is -0.986. The van der Waals surface area contributed by atoms with Crippen LogP contribution in [-0.4, -0.2) is 22.2 Å². The molecule has 0 saturated heterocycles. The molecule has 16 fully saturated rings. The molecule has 16 aliphatic carbocycles. The molecule has 0 heterocycles. The predicted octanol–water partition coefficient (Wildman–Crippen LogP) is 15.9. The molecule has 2 N–H and O–H groups in total. The van der Waals surface area contributed by atoms with Crippen LogP contribution in [0.5, 0.6) is 23.0 Å². The van der Waals surface area contributed by atoms with E-state index in [1.807, 2.05) is 24.3 Å². The smallest absolute Gasteiger partial charge is 0.339 e. The van der Waals surface area contributed by atoms with Crippen LogP contribution in [0.2, 0.25) is 0 Å². The third-order valence-corrected chi connectivity index (χ3v) is 24.8. The van der Waals surface area contributed by atoms with Crippen LogP contribution in [-0.2, 0) is 5.41 Å². The maximum atomic E-state index is 13.0. The van der Waals surface area contributed by atoms with Gasteiger partial charge < -0.3 is 19.7 Å². The van der Waals surface area contributed by atoms with Gasteiger partial charge in [-0.05, 0) is 276 Å². The molecule has 16 aliphatic rings. The second-order valence-electron chi connectivity index (χ2n) is 28.1. The highest BCUT2D eigenvalue weighted by Crippen LogP contribution is 2.88. The first-order valence-corrected chi connectivity index (χ1v) is 29.2. The van der Waals surface area contributed by atoms with Gasteiger partial charge in [-0.25, -0.2) is 9.59 Å². The monoisotopic (exact) mass is 963 g/mol. The second kappa shape index (κ2) is 15.3. The molecule has 8 unspecified atom stereocenters. The van der Waals surface area contributed by atoms with Gasteiger partial charge in [-0.2, -0.15) is 0 Å². The lowest BCUT2D eigenvalue weighted by atomic mass is 9.21. The summed E-state index contributed by atoms with van der Waals surface area (Å²) in [6, 6.07) is 32.2. The highest BCUT2D eigenvalue weighted by molar-refractivity contribution is 5.91. The van der Waals surface area contributed by atoms with Crippen LogP contribution in [0.25, 0.3) is 0 Å². The average Bonchev–Trinajstić information content (AvgIpc) is 3.33. The first kappa shape index (κ1) is 43.8. The van der Waals surface area contributed by atoms with Crippen LogP contribution in [0.3, 0.4) is 0 Å². The Morgan fingerprint density at radius 2 is 0.778 bits per heavy atom. The van der Waals surface area contributed by atoms with Gasteiger partial charge in [0.2, 0.25) is 0 Å². The largest absolute Gasteiger partial charge is 0.478 e. The molecule has 8 atom stereocenters. The number of benzene rings is 4. The summed E-state index contributed by atoms with van der Waals surface area (Å²) in [6.45, 7) is 0. The van der Waals surface area contributed by atoms with Crippen LogP contribution in [0.15, 0.2) is 97.1 Å². The molecule has 0 amide bonds. The number of hydrogen-bond acceptors (Lipinski definition) is 4. The SMILES string of the molecule is O=C(O)c1ccccc1Oc1ccccc1C1(c2ccccc2Oc2ccccc2C(=O)O)C2CC3CC(C2)CC1(C12CC4CC(CC(C4)C1C14CC5CC(CC(C5)C1C15CC6CC(CC(C6)C1)C5)C4)C2)C3. The number of carboxylic acids is 2. The maximum absolute atomic E-state index is 13.0. The van der Waals surface area contributed by atoms with Gasteiger partial charge >= 0.3 is 11.9 Å². The highest BCUT2D eigenvalue weighted by Gasteiger charge is 2.81. The Kier molecular flexibility index (Phi) is 9.29. The summed E-state index contributed by atoms with van der Waals surface area (Å²) in [5, 5.41) is 21.2. The molecule has 374 valence electrons. The van der Waals surface area contributed by atoms with Crippen molar-refractivity contribution in [3.05, 3.63) is 119 Å². The average molecular weight is 963 g/mol. The van der Waals surface area contributed by atoms with Crippen LogP contribution in [0.1, 0.15) is 167 Å². The molecule has 4 aromatic carbocycles. The fraction of sp³-hybridized carbons (Fsp3) is 0.606. The van der Waals surface area contributed by atoms with Gasteiger partial charge in [0.15, 0.2) is 0 Å². The van der Waals surface area contributed by atoms with Crippen molar-refractivity contribution in [2.45, 2.75) is 140 Å². The van der Waals surface area contributed by atoms with Gasteiger partial charge in [-0.15, -0.1) is 0 Å². The topological polar surface area (TPSA) is 93.1 Å². The van der Waals surface area contributed by atoms with Gasteiger partial charge in [0.25, 0.3) is 0 Å². The summed E-state index contributed by atoms with van der Waals surface area (Å²) in [7, 11) is 0. The lowest BCUT2D eigenvalue weighted by Crippen LogP contribution is -2.76. The molecule has 0 aromatic heterocycles. The van der Waals surface area contributed by atoms with E-state index in [1.54, 1.807) is 24.3 Å². The Morgan fingerprint density at radius 1 is 0.403 bits per heavy atom. The van der Waals surface area contributed by atoms with Gasteiger partial charge in [0.05, 0.1) is 0 Å². The zero-order valence-corrected chi connectivity index (χ0v) is 42.2. The Bertz CT molecular complexity index is 2710. The van der Waals surface area contributed by atoms with Crippen molar-refractivity contribution in [3.63, 3.8) is 0 Å². The standard InChI is InChI=1S/C66H74O6/c67-60(68)50-9-1-5-13-54(50)71-56-15-7-3-11-52(56)66(53-12-4-8-16-57(53)72-55-14-6-2-10-51(55)61(69)70)49-27-45-22-46(28-49)37-65(66,36-45)64-34-43-21-44(35-64)26-48(25-43)59(64)63-32-41-20-42(33-63)24-47(23-41)58(63)62-29-38-17-39(30-62)19-40(18-38)31-62/h1-16,38-49,58-59H,17-37H2,(H,67,68)(H,69,70). The summed E-state index contributed by atoms with van der Waals surface area (Å²) < 4.78 is 14.5. The molecule has 4 aromatic rings. The van der Waals surface area contributed by atoms with Crippen molar-refractivity contribution in [2.75, 3.05) is 0 Å². The van der Waals surface area contributed by atoms with E-state index in [0.717, 1.165) is 83.5 Å². The van der Waals surface area contributed by atoms with Crippen LogP contribution in [0, 0.1) is 105 Å². The fourth-order valence-corrected chi connectivity index (χ4v) is 25.4. The number of carboxylic acid groups (broad SMARTS) is 2. The number of hydrogen-bond donors (Lipinski definition) is 2. The number of rotatable bonds is 11. The van der Waals surface area contributed by atoms with Crippen molar-refractivity contribution >= 4 is 11.9 Å². The molecular weight excluding hydrogens is 889 g/mol. The Hall–Kier alpha value is -4.58. The summed E-state index contributed by atoms with van der Waals surface area (Å²) >= 11 is 0. The number of ether oxygens (including phenoxy) is 2. The molecule has 20 rings (SSSR count). The fourth-order valence-electron chi connectivity index (χ4n) is 25.4. The zero-order chi connectivity index (χ0) is 47.9. The van der Waals surface area contributed by atoms with Crippen LogP contribution < -0.4 is 9.47 Å². The molecule has 0 spiro atoms. The second-order valence-corrected chi connectivity index (χ2v) is 28.1. The lowest BCUT2D eigenvalue weighted by Gasteiger charge is -2.82. The van der Waals surface area contributed by atoms with E-state index < -0.39 is 17.4 Å². The van der Waals surface area contributed by atoms with Crippen molar-refractivity contribution in [1.29, 1.82) is 0 Å². The Morgan fingerprint density at radius 3 is 1.24 bits per heavy atom. The van der Waals surface area contributed by atoms with Crippen molar-refractivity contribution < 1.29 is 29.3 Å². The highest BCUT2D eigenvalue weighted by atomic mass is 16.5. The molecule has 72 heavy (non-hydrogen) atoms. The number of aromatic carboxylic acids is 2. The van der Waals surface area contributed by atoms with Crippen molar-refractivity contribution in [1.82, 2.24) is 0 Å². The van der Waals surface area contributed by atoms with E-state index in [2.05, 4.69) is 48.5 Å². The molecular formula is C66H74O6. The first-order chi connectivity index (χ1) is 35.0. The van der Waals surface area contributed by atoms with E-state index in [0.29, 0.717) is 46.0 Å². The third kappa shape index (κ3) is 5.80. The van der Waals surface area contributed by atoms with Gasteiger partial charge in [0.1, 0.15) is 34.1 Å². The van der Waals surface area contributed by atoms with Crippen LogP contribution in [0.4, 0.5) is 0 Å². The molecule has 0 aliphatic heterocycles. The number of carbonyl (C=O) groups is 2. The summed E-state index contributed by atoms with van der Waals surface area (Å²) in [4.78, 5) is 26.0. The number of para-hydroxylation sites is 4. The molecule has 6 nitrogen and oxygen atoms in total. The van der Waals surface area contributed by atoms with E-state index in [4.69, 9.17) is 9.47 Å². The summed E-state index contributed by atoms with van der Waals surface area (Å²) in [5.41, 5.74) is 3.10. The Labute approximate surface area is 426 Å². The first-order valence-electron chi connectivity index (χ1n) is 29.2. The van der Waals surface area contributed by atoms with Gasteiger partial charge in [0, 0.05) is 16.5 Å². The molecule has 16 saturated carbocycles. The van der Waals surface area contributed by atoms with Gasteiger partial charge in [-0.1, -0.05) is 60.7 Å². The third-order valence-electron chi connectivity index (χ3n) is 24.8. The summed E-state index contributed by atoms with van der Waals surface area (Å²) in [5.74, 6) is 11.4. The van der Waals surface area contributed by atoms with E-state index >= 15 is 0 Å².